The molecule has 0 saturated heterocycles. The van der Waals surface area contributed by atoms with Gasteiger partial charge in [0.2, 0.25) is 0 Å². The third kappa shape index (κ3) is 7.27. The number of rotatable bonds is 13. The molecule has 0 radical (unpaired) electrons. The summed E-state index contributed by atoms with van der Waals surface area (Å²) in [6.45, 7) is 3.02. The minimum absolute atomic E-state index is 0.397. The number of unbranched alkanes of at least 4 members (excludes halogenated alkanes) is 2. The van der Waals surface area contributed by atoms with E-state index in [2.05, 4.69) is 31.2 Å². The molecular formula is C23H40O4Si. The van der Waals surface area contributed by atoms with Gasteiger partial charge in [0.1, 0.15) is 0 Å². The molecule has 0 spiro atoms. The second-order valence-electron chi connectivity index (χ2n) is 7.94. The molecule has 0 heterocycles. The molecule has 28 heavy (non-hydrogen) atoms. The van der Waals surface area contributed by atoms with Crippen molar-refractivity contribution in [2.45, 2.75) is 82.8 Å². The van der Waals surface area contributed by atoms with Gasteiger partial charge in [-0.1, -0.05) is 44.0 Å². The smallest absolute Gasteiger partial charge is 0.378 e. The standard InChI is InChI=1S/C23H40O4Si/c1-5-6-7-9-20-10-12-21(13-11-20)22-14-16-23(17-15-22)27-18-8-19-28(24-2,25-3)26-4/h10-13,22-23H,5-9,14-19H2,1-4H3/t22-,23-. The summed E-state index contributed by atoms with van der Waals surface area (Å²) < 4.78 is 22.5. The van der Waals surface area contributed by atoms with Crippen molar-refractivity contribution in [1.82, 2.24) is 0 Å². The van der Waals surface area contributed by atoms with Crippen LogP contribution >= 0.6 is 0 Å². The molecule has 0 aliphatic heterocycles. The third-order valence-corrected chi connectivity index (χ3v) is 8.94. The van der Waals surface area contributed by atoms with Gasteiger partial charge in [-0.25, -0.2) is 0 Å². The van der Waals surface area contributed by atoms with E-state index >= 15 is 0 Å². The quantitative estimate of drug-likeness (QED) is 0.308. The van der Waals surface area contributed by atoms with Crippen molar-refractivity contribution in [3.8, 4) is 0 Å². The Kier molecular flexibility index (Phi) is 10.7. The first-order valence-corrected chi connectivity index (χ1v) is 13.0. The van der Waals surface area contributed by atoms with Crippen LogP contribution in [-0.4, -0.2) is 42.8 Å². The van der Waals surface area contributed by atoms with Gasteiger partial charge in [0.05, 0.1) is 6.10 Å². The Balaban J connectivity index is 1.67. The second-order valence-corrected chi connectivity index (χ2v) is 11.0. The maximum absolute atomic E-state index is 6.13. The lowest BCUT2D eigenvalue weighted by Gasteiger charge is -2.29. The van der Waals surface area contributed by atoms with Gasteiger partial charge >= 0.3 is 8.80 Å². The highest BCUT2D eigenvalue weighted by Crippen LogP contribution is 2.34. The van der Waals surface area contributed by atoms with E-state index in [9.17, 15) is 0 Å². The largest absolute Gasteiger partial charge is 0.500 e. The van der Waals surface area contributed by atoms with Crippen molar-refractivity contribution in [3.63, 3.8) is 0 Å². The average molecular weight is 409 g/mol. The molecule has 1 aromatic carbocycles. The highest BCUT2D eigenvalue weighted by molar-refractivity contribution is 6.60. The van der Waals surface area contributed by atoms with Crippen LogP contribution in [0.1, 0.15) is 75.3 Å². The van der Waals surface area contributed by atoms with Gasteiger partial charge in [0.25, 0.3) is 0 Å². The summed E-state index contributed by atoms with van der Waals surface area (Å²) in [7, 11) is 2.54. The Bertz CT molecular complexity index is 514. The Morgan fingerprint density at radius 2 is 1.50 bits per heavy atom. The van der Waals surface area contributed by atoms with Crippen LogP contribution in [0.25, 0.3) is 0 Å². The first kappa shape index (κ1) is 23.6. The van der Waals surface area contributed by atoms with Crippen molar-refractivity contribution in [2.75, 3.05) is 27.9 Å². The molecule has 160 valence electrons. The summed E-state index contributed by atoms with van der Waals surface area (Å²) in [6, 6.07) is 10.2. The highest BCUT2D eigenvalue weighted by atomic mass is 28.4. The van der Waals surface area contributed by atoms with E-state index in [1.54, 1.807) is 21.3 Å². The zero-order valence-electron chi connectivity index (χ0n) is 18.4. The minimum Gasteiger partial charge on any atom is -0.378 e. The maximum atomic E-state index is 6.13. The molecular weight excluding hydrogens is 368 g/mol. The van der Waals surface area contributed by atoms with Gasteiger partial charge < -0.3 is 18.0 Å². The predicted octanol–water partition coefficient (Wildman–Crippen LogP) is 5.73. The molecule has 1 fully saturated rings. The molecule has 4 nitrogen and oxygen atoms in total. The first-order valence-electron chi connectivity index (χ1n) is 11.0. The first-order chi connectivity index (χ1) is 13.7. The Labute approximate surface area is 173 Å². The number of benzene rings is 1. The molecule has 0 aromatic heterocycles. The van der Waals surface area contributed by atoms with Crippen LogP contribution in [0.5, 0.6) is 0 Å². The normalized spacial score (nSPS) is 20.4. The number of hydrogen-bond donors (Lipinski definition) is 0. The van der Waals surface area contributed by atoms with Crippen LogP contribution in [0, 0.1) is 0 Å². The fourth-order valence-electron chi connectivity index (χ4n) is 4.19. The topological polar surface area (TPSA) is 36.9 Å². The van der Waals surface area contributed by atoms with E-state index in [0.29, 0.717) is 12.0 Å². The summed E-state index contributed by atoms with van der Waals surface area (Å²) in [5.74, 6) is 0.695. The number of ether oxygens (including phenoxy) is 1. The van der Waals surface area contributed by atoms with Crippen molar-refractivity contribution >= 4 is 8.80 Å². The van der Waals surface area contributed by atoms with Crippen molar-refractivity contribution in [2.24, 2.45) is 0 Å². The van der Waals surface area contributed by atoms with Crippen LogP contribution in [0.2, 0.25) is 6.04 Å². The molecule has 0 unspecified atom stereocenters. The van der Waals surface area contributed by atoms with E-state index in [1.807, 2.05) is 0 Å². The van der Waals surface area contributed by atoms with Crippen LogP contribution < -0.4 is 0 Å². The summed E-state index contributed by atoms with van der Waals surface area (Å²) in [4.78, 5) is 0. The van der Waals surface area contributed by atoms with E-state index in [1.165, 1.54) is 49.7 Å². The van der Waals surface area contributed by atoms with Crippen molar-refractivity contribution in [3.05, 3.63) is 35.4 Å². The zero-order chi connectivity index (χ0) is 20.2. The van der Waals surface area contributed by atoms with Crippen LogP contribution in [0.15, 0.2) is 24.3 Å². The molecule has 5 heteroatoms. The predicted molar refractivity (Wildman–Crippen MR) is 117 cm³/mol. The average Bonchev–Trinajstić information content (AvgIpc) is 2.76. The molecule has 0 bridgehead atoms. The van der Waals surface area contributed by atoms with Crippen LogP contribution in [0.3, 0.4) is 0 Å². The molecule has 1 aliphatic carbocycles. The fourth-order valence-corrected chi connectivity index (χ4v) is 5.88. The summed E-state index contributed by atoms with van der Waals surface area (Å²) in [5, 5.41) is 0. The number of aryl methyl sites for hydroxylation is 1. The van der Waals surface area contributed by atoms with Gasteiger partial charge in [-0.15, -0.1) is 0 Å². The van der Waals surface area contributed by atoms with Gasteiger partial charge in [0.15, 0.2) is 0 Å². The molecule has 1 saturated carbocycles. The minimum atomic E-state index is -2.45. The highest BCUT2D eigenvalue weighted by Gasteiger charge is 2.37. The third-order valence-electron chi connectivity index (χ3n) is 6.11. The fraction of sp³-hybridized carbons (Fsp3) is 0.739. The Morgan fingerprint density at radius 3 is 2.07 bits per heavy atom. The summed E-state index contributed by atoms with van der Waals surface area (Å²) >= 11 is 0. The molecule has 0 amide bonds. The summed E-state index contributed by atoms with van der Waals surface area (Å²) in [5.41, 5.74) is 2.99. The monoisotopic (exact) mass is 408 g/mol. The Morgan fingerprint density at radius 1 is 0.857 bits per heavy atom. The van der Waals surface area contributed by atoms with Gasteiger partial charge in [-0.2, -0.15) is 0 Å². The van der Waals surface area contributed by atoms with E-state index in [0.717, 1.165) is 31.9 Å². The lowest BCUT2D eigenvalue weighted by molar-refractivity contribution is 0.0225. The maximum Gasteiger partial charge on any atom is 0.500 e. The van der Waals surface area contributed by atoms with Crippen LogP contribution in [0.4, 0.5) is 0 Å². The van der Waals surface area contributed by atoms with Gasteiger partial charge in [-0.05, 0) is 62.0 Å². The summed E-state index contributed by atoms with van der Waals surface area (Å²) in [6.07, 6.45) is 11.2. The Hall–Kier alpha value is -0.723. The molecule has 1 aromatic rings. The van der Waals surface area contributed by atoms with Crippen LogP contribution in [-0.2, 0) is 24.4 Å². The molecule has 0 atom stereocenters. The SMILES string of the molecule is CCCCCc1ccc([C@H]2CC[C@H](OCCC[Si](OC)(OC)OC)CC2)cc1. The van der Waals surface area contributed by atoms with Gasteiger partial charge in [0, 0.05) is 34.0 Å². The zero-order valence-corrected chi connectivity index (χ0v) is 19.4. The van der Waals surface area contributed by atoms with E-state index < -0.39 is 8.80 Å². The van der Waals surface area contributed by atoms with E-state index in [4.69, 9.17) is 18.0 Å². The molecule has 2 rings (SSSR count). The molecule has 1 aliphatic rings. The lowest BCUT2D eigenvalue weighted by atomic mass is 9.82. The molecule has 0 N–H and O–H groups in total. The van der Waals surface area contributed by atoms with Gasteiger partial charge in [-0.3, -0.25) is 0 Å². The lowest BCUT2D eigenvalue weighted by Crippen LogP contribution is -2.42. The van der Waals surface area contributed by atoms with Crippen molar-refractivity contribution < 1.29 is 18.0 Å². The second kappa shape index (κ2) is 12.8. The number of hydrogen-bond acceptors (Lipinski definition) is 4. The van der Waals surface area contributed by atoms with E-state index in [-0.39, 0.29) is 0 Å². The van der Waals surface area contributed by atoms with Crippen molar-refractivity contribution in [1.29, 1.82) is 0 Å².